The molecule has 0 amide bonds. The van der Waals surface area contributed by atoms with E-state index in [1.807, 2.05) is 34.6 Å². The first kappa shape index (κ1) is 32.1. The van der Waals surface area contributed by atoms with E-state index in [9.17, 15) is 24.3 Å². The molecule has 37 heavy (non-hydrogen) atoms. The lowest BCUT2D eigenvalue weighted by atomic mass is 10.0. The van der Waals surface area contributed by atoms with Gasteiger partial charge in [-0.25, -0.2) is 0 Å². The molecule has 0 radical (unpaired) electrons. The van der Waals surface area contributed by atoms with E-state index in [4.69, 9.17) is 14.2 Å². The fourth-order valence-electron chi connectivity index (χ4n) is 3.35. The zero-order valence-electron chi connectivity index (χ0n) is 23.0. The van der Waals surface area contributed by atoms with Gasteiger partial charge in [0.15, 0.2) is 11.5 Å². The van der Waals surface area contributed by atoms with Gasteiger partial charge in [-0.2, -0.15) is 0 Å². The molecule has 0 saturated heterocycles. The summed E-state index contributed by atoms with van der Waals surface area (Å²) >= 11 is 0. The van der Waals surface area contributed by atoms with Crippen LogP contribution in [0.1, 0.15) is 85.6 Å². The van der Waals surface area contributed by atoms with E-state index >= 15 is 0 Å². The van der Waals surface area contributed by atoms with Crippen LogP contribution in [0.4, 0.5) is 0 Å². The molecule has 0 spiro atoms. The van der Waals surface area contributed by atoms with Gasteiger partial charge < -0.3 is 24.6 Å². The molecular formula is C28H43NO8. The van der Waals surface area contributed by atoms with Gasteiger partial charge in [0.1, 0.15) is 12.1 Å². The van der Waals surface area contributed by atoms with E-state index in [-0.39, 0.29) is 55.1 Å². The van der Waals surface area contributed by atoms with Gasteiger partial charge >= 0.3 is 23.9 Å². The first-order chi connectivity index (χ1) is 17.5. The van der Waals surface area contributed by atoms with Crippen molar-refractivity contribution in [2.45, 2.75) is 98.6 Å². The Balaban J connectivity index is 3.03. The molecule has 0 aliphatic rings. The second-order valence-corrected chi connectivity index (χ2v) is 9.72. The monoisotopic (exact) mass is 521 g/mol. The molecule has 2 N–H and O–H groups in total. The molecule has 0 fully saturated rings. The number of carboxylic acids is 1. The summed E-state index contributed by atoms with van der Waals surface area (Å²) in [6, 6.07) is 3.71. The van der Waals surface area contributed by atoms with Crippen LogP contribution in [-0.4, -0.2) is 47.7 Å². The number of carbonyl (C=O) groups excluding carboxylic acids is 3. The molecule has 4 atom stereocenters. The predicted molar refractivity (Wildman–Crippen MR) is 139 cm³/mol. The average Bonchev–Trinajstić information content (AvgIpc) is 2.82. The number of nitrogens with one attached hydrogen (secondary N) is 1. The Kier molecular flexibility index (Phi) is 14.5. The Morgan fingerprint density at radius 2 is 1.43 bits per heavy atom. The van der Waals surface area contributed by atoms with Gasteiger partial charge in [-0.05, 0) is 49.3 Å². The maximum absolute atomic E-state index is 12.5. The van der Waals surface area contributed by atoms with E-state index in [0.717, 1.165) is 12.8 Å². The van der Waals surface area contributed by atoms with Crippen molar-refractivity contribution in [2.75, 3.05) is 6.54 Å². The lowest BCUT2D eigenvalue weighted by molar-refractivity contribution is -0.148. The van der Waals surface area contributed by atoms with Gasteiger partial charge in [-0.3, -0.25) is 19.2 Å². The first-order valence-electron chi connectivity index (χ1n) is 13.2. The Morgan fingerprint density at radius 1 is 0.865 bits per heavy atom. The maximum Gasteiger partial charge on any atom is 0.321 e. The molecule has 9 nitrogen and oxygen atoms in total. The predicted octanol–water partition coefficient (Wildman–Crippen LogP) is 4.69. The van der Waals surface area contributed by atoms with Crippen molar-refractivity contribution in [3.63, 3.8) is 0 Å². The van der Waals surface area contributed by atoms with Crippen LogP contribution in [0.25, 0.3) is 0 Å². The third kappa shape index (κ3) is 12.7. The molecule has 0 aliphatic heterocycles. The fraction of sp³-hybridized carbons (Fsp3) is 0.643. The molecule has 3 unspecified atom stereocenters. The van der Waals surface area contributed by atoms with Crippen LogP contribution < -0.4 is 14.8 Å². The summed E-state index contributed by atoms with van der Waals surface area (Å²) in [5.74, 6) is -1.83. The van der Waals surface area contributed by atoms with Crippen molar-refractivity contribution in [3.8, 4) is 11.5 Å². The molecular weight excluding hydrogens is 478 g/mol. The van der Waals surface area contributed by atoms with Crippen molar-refractivity contribution < 1.29 is 38.5 Å². The molecule has 0 heterocycles. The van der Waals surface area contributed by atoms with Crippen molar-refractivity contribution in [2.24, 2.45) is 11.8 Å². The first-order valence-corrected chi connectivity index (χ1v) is 13.2. The Bertz CT molecular complexity index is 900. The standard InChI is InChI=1S/C28H43NO8/c1-7-10-25(30)35-20(6)17-29-22(28(33)34)15-21-11-12-23(36-26(31)13-18(4)8-2)24(16-21)37-27(32)14-19(5)9-3/h11-12,16,18-20,22,29H,7-10,13-15,17H2,1-6H3,(H,33,34)/t18?,19?,20?,22-/m0/s1. The van der Waals surface area contributed by atoms with Crippen molar-refractivity contribution in [3.05, 3.63) is 23.8 Å². The highest BCUT2D eigenvalue weighted by atomic mass is 16.6. The minimum atomic E-state index is -1.08. The molecule has 1 aromatic carbocycles. The molecule has 208 valence electrons. The smallest absolute Gasteiger partial charge is 0.321 e. The Morgan fingerprint density at radius 3 is 1.95 bits per heavy atom. The van der Waals surface area contributed by atoms with Gasteiger partial charge in [0.25, 0.3) is 0 Å². The van der Waals surface area contributed by atoms with Crippen molar-refractivity contribution in [1.82, 2.24) is 5.32 Å². The van der Waals surface area contributed by atoms with Crippen LogP contribution in [0.5, 0.6) is 11.5 Å². The number of hydrogen-bond donors (Lipinski definition) is 2. The number of benzene rings is 1. The van der Waals surface area contributed by atoms with Crippen LogP contribution in [0.3, 0.4) is 0 Å². The third-order valence-corrected chi connectivity index (χ3v) is 6.06. The maximum atomic E-state index is 12.5. The number of rotatable bonds is 17. The van der Waals surface area contributed by atoms with Gasteiger partial charge in [0.05, 0.1) is 0 Å². The molecule has 0 saturated carbocycles. The van der Waals surface area contributed by atoms with E-state index in [1.165, 1.54) is 12.1 Å². The van der Waals surface area contributed by atoms with Crippen molar-refractivity contribution in [1.29, 1.82) is 0 Å². The highest BCUT2D eigenvalue weighted by Crippen LogP contribution is 2.30. The van der Waals surface area contributed by atoms with Crippen LogP contribution in [-0.2, 0) is 30.3 Å². The quantitative estimate of drug-likeness (QED) is 0.222. The van der Waals surface area contributed by atoms with Crippen LogP contribution in [0.2, 0.25) is 0 Å². The largest absolute Gasteiger partial charge is 0.480 e. The molecule has 9 heteroatoms. The lowest BCUT2D eigenvalue weighted by Crippen LogP contribution is -2.42. The highest BCUT2D eigenvalue weighted by Gasteiger charge is 2.22. The number of aliphatic carboxylic acids is 1. The summed E-state index contributed by atoms with van der Waals surface area (Å²) in [5, 5.41) is 12.6. The van der Waals surface area contributed by atoms with Gasteiger partial charge in [-0.15, -0.1) is 0 Å². The Labute approximate surface area is 220 Å². The highest BCUT2D eigenvalue weighted by molar-refractivity contribution is 5.77. The van der Waals surface area contributed by atoms with Gasteiger partial charge in [0.2, 0.25) is 0 Å². The molecule has 0 aromatic heterocycles. The number of esters is 3. The van der Waals surface area contributed by atoms with Gasteiger partial charge in [-0.1, -0.05) is 53.5 Å². The summed E-state index contributed by atoms with van der Waals surface area (Å²) < 4.78 is 16.3. The summed E-state index contributed by atoms with van der Waals surface area (Å²) in [7, 11) is 0. The number of carbonyl (C=O) groups is 4. The second-order valence-electron chi connectivity index (χ2n) is 9.72. The lowest BCUT2D eigenvalue weighted by Gasteiger charge is -2.19. The topological polar surface area (TPSA) is 128 Å². The van der Waals surface area contributed by atoms with Crippen LogP contribution in [0, 0.1) is 11.8 Å². The normalized spacial score (nSPS) is 14.2. The van der Waals surface area contributed by atoms with Gasteiger partial charge in [0, 0.05) is 25.8 Å². The van der Waals surface area contributed by atoms with E-state index in [2.05, 4.69) is 5.32 Å². The Hall–Kier alpha value is -2.94. The summed E-state index contributed by atoms with van der Waals surface area (Å²) in [6.45, 7) is 11.6. The summed E-state index contributed by atoms with van der Waals surface area (Å²) in [4.78, 5) is 48.4. The SMILES string of the molecule is CCCC(=O)OC(C)CN[C@@H](Cc1ccc(OC(=O)CC(C)CC)c(OC(=O)CC(C)CC)c1)C(=O)O. The van der Waals surface area contributed by atoms with Crippen LogP contribution >= 0.6 is 0 Å². The number of hydrogen-bond acceptors (Lipinski definition) is 8. The third-order valence-electron chi connectivity index (χ3n) is 6.06. The summed E-state index contributed by atoms with van der Waals surface area (Å²) in [5.41, 5.74) is 0.573. The zero-order valence-corrected chi connectivity index (χ0v) is 23.0. The minimum Gasteiger partial charge on any atom is -0.480 e. The molecule has 0 bridgehead atoms. The van der Waals surface area contributed by atoms with E-state index in [0.29, 0.717) is 18.4 Å². The second kappa shape index (κ2) is 16.7. The van der Waals surface area contributed by atoms with Crippen molar-refractivity contribution >= 4 is 23.9 Å². The number of ether oxygens (including phenoxy) is 3. The zero-order chi connectivity index (χ0) is 28.0. The molecule has 1 rings (SSSR count). The van der Waals surface area contributed by atoms with E-state index in [1.54, 1.807) is 13.0 Å². The van der Waals surface area contributed by atoms with E-state index < -0.39 is 30.1 Å². The fourth-order valence-corrected chi connectivity index (χ4v) is 3.35. The number of carboxylic acid groups (broad SMARTS) is 1. The molecule has 1 aromatic rings. The average molecular weight is 522 g/mol. The minimum absolute atomic E-state index is 0.0714. The molecule has 0 aliphatic carbocycles. The summed E-state index contributed by atoms with van der Waals surface area (Å²) in [6.07, 6.45) is 2.62. The van der Waals surface area contributed by atoms with Crippen LogP contribution in [0.15, 0.2) is 18.2 Å².